The predicted octanol–water partition coefficient (Wildman–Crippen LogP) is 3.58. The maximum absolute atomic E-state index is 12.4. The Balaban J connectivity index is 1.65. The van der Waals surface area contributed by atoms with Gasteiger partial charge in [-0.1, -0.05) is 24.3 Å². The summed E-state index contributed by atoms with van der Waals surface area (Å²) in [4.78, 5) is 16.5. The number of hydrogen-bond acceptors (Lipinski definition) is 4. The van der Waals surface area contributed by atoms with E-state index in [9.17, 15) is 4.79 Å². The van der Waals surface area contributed by atoms with Crippen molar-refractivity contribution in [2.45, 2.75) is 20.0 Å². The van der Waals surface area contributed by atoms with Gasteiger partial charge in [-0.2, -0.15) is 0 Å². The summed E-state index contributed by atoms with van der Waals surface area (Å²) in [6, 6.07) is 11.3. The average Bonchev–Trinajstić information content (AvgIpc) is 3.21. The van der Waals surface area contributed by atoms with Gasteiger partial charge in [0.1, 0.15) is 0 Å². The number of carbonyl (C=O) groups is 1. The Bertz CT molecular complexity index is 939. The third-order valence-electron chi connectivity index (χ3n) is 4.45. The minimum absolute atomic E-state index is 0.284. The maximum atomic E-state index is 12.4. The second kappa shape index (κ2) is 8.94. The van der Waals surface area contributed by atoms with Crippen molar-refractivity contribution in [2.24, 2.45) is 0 Å². The van der Waals surface area contributed by atoms with E-state index in [1.165, 1.54) is 0 Å². The number of methoxy groups -OCH3 is 2. The molecule has 1 heterocycles. The maximum Gasteiger partial charge on any atom is 0.319 e. The number of aromatic nitrogens is 2. The van der Waals surface area contributed by atoms with Crippen LogP contribution in [-0.4, -0.2) is 29.8 Å². The number of ether oxygens (including phenoxy) is 2. The van der Waals surface area contributed by atoms with E-state index in [0.29, 0.717) is 30.3 Å². The van der Waals surface area contributed by atoms with Crippen molar-refractivity contribution in [3.8, 4) is 11.5 Å². The van der Waals surface area contributed by atoms with E-state index in [-0.39, 0.29) is 6.03 Å². The van der Waals surface area contributed by atoms with Gasteiger partial charge in [-0.05, 0) is 29.7 Å². The van der Waals surface area contributed by atoms with Crippen molar-refractivity contribution < 1.29 is 14.3 Å². The summed E-state index contributed by atoms with van der Waals surface area (Å²) >= 11 is 0. The molecule has 0 atom stereocenters. The third-order valence-corrected chi connectivity index (χ3v) is 4.45. The predicted molar refractivity (Wildman–Crippen MR) is 108 cm³/mol. The number of benzene rings is 2. The van der Waals surface area contributed by atoms with Crippen molar-refractivity contribution in [3.05, 3.63) is 71.8 Å². The van der Waals surface area contributed by atoms with Gasteiger partial charge in [0.05, 0.1) is 20.5 Å². The number of urea groups is 1. The summed E-state index contributed by atoms with van der Waals surface area (Å²) < 4.78 is 12.6. The minimum Gasteiger partial charge on any atom is -0.493 e. The van der Waals surface area contributed by atoms with Crippen LogP contribution in [0.1, 0.15) is 16.7 Å². The number of amides is 2. The van der Waals surface area contributed by atoms with E-state index in [0.717, 1.165) is 16.7 Å². The molecule has 0 aliphatic carbocycles. The van der Waals surface area contributed by atoms with E-state index in [2.05, 4.69) is 15.6 Å². The van der Waals surface area contributed by atoms with Gasteiger partial charge in [0.15, 0.2) is 11.5 Å². The molecular formula is C21H24N4O3. The van der Waals surface area contributed by atoms with Crippen LogP contribution in [0.4, 0.5) is 10.5 Å². The molecule has 2 N–H and O–H groups in total. The van der Waals surface area contributed by atoms with Gasteiger partial charge in [0.25, 0.3) is 0 Å². The molecular weight excluding hydrogens is 356 g/mol. The standard InChI is InChI=1S/C21H24N4O3/c1-15-10-19(27-2)20(28-3)11-18(15)24-21(26)23-12-16-6-4-5-7-17(16)13-25-9-8-22-14-25/h4-11,14H,12-13H2,1-3H3,(H2,23,24,26). The lowest BCUT2D eigenvalue weighted by molar-refractivity contribution is 0.251. The molecule has 2 amide bonds. The molecule has 7 nitrogen and oxygen atoms in total. The Kier molecular flexibility index (Phi) is 6.16. The fraction of sp³-hybridized carbons (Fsp3) is 0.238. The minimum atomic E-state index is -0.284. The Hall–Kier alpha value is -3.48. The number of hydrogen-bond donors (Lipinski definition) is 2. The molecule has 0 aliphatic rings. The molecule has 0 bridgehead atoms. The average molecular weight is 380 g/mol. The number of rotatable bonds is 7. The zero-order chi connectivity index (χ0) is 19.9. The smallest absolute Gasteiger partial charge is 0.319 e. The van der Waals surface area contributed by atoms with Crippen LogP contribution in [0.5, 0.6) is 11.5 Å². The highest BCUT2D eigenvalue weighted by atomic mass is 16.5. The molecule has 0 unspecified atom stereocenters. The topological polar surface area (TPSA) is 77.4 Å². The van der Waals surface area contributed by atoms with E-state index in [1.54, 1.807) is 32.8 Å². The molecule has 0 spiro atoms. The molecule has 3 rings (SSSR count). The lowest BCUT2D eigenvalue weighted by atomic mass is 10.1. The number of carbonyl (C=O) groups excluding carboxylic acids is 1. The fourth-order valence-electron chi connectivity index (χ4n) is 2.92. The largest absolute Gasteiger partial charge is 0.493 e. The lowest BCUT2D eigenvalue weighted by Gasteiger charge is -2.15. The Labute approximate surface area is 164 Å². The Morgan fingerprint density at radius 2 is 1.82 bits per heavy atom. The second-order valence-electron chi connectivity index (χ2n) is 6.33. The van der Waals surface area contributed by atoms with Crippen LogP contribution >= 0.6 is 0 Å². The quantitative estimate of drug-likeness (QED) is 0.657. The fourth-order valence-corrected chi connectivity index (χ4v) is 2.92. The first-order chi connectivity index (χ1) is 13.6. The first-order valence-corrected chi connectivity index (χ1v) is 8.90. The van der Waals surface area contributed by atoms with Gasteiger partial charge in [-0.15, -0.1) is 0 Å². The van der Waals surface area contributed by atoms with Crippen LogP contribution in [0.3, 0.4) is 0 Å². The third kappa shape index (κ3) is 4.62. The molecule has 28 heavy (non-hydrogen) atoms. The molecule has 2 aromatic carbocycles. The summed E-state index contributed by atoms with van der Waals surface area (Å²) in [6.45, 7) is 3.02. The number of aryl methyl sites for hydroxylation is 1. The summed E-state index contributed by atoms with van der Waals surface area (Å²) in [5, 5.41) is 5.78. The van der Waals surface area contributed by atoms with Crippen molar-refractivity contribution in [1.29, 1.82) is 0 Å². The molecule has 7 heteroatoms. The van der Waals surface area contributed by atoms with E-state index >= 15 is 0 Å². The van der Waals surface area contributed by atoms with Gasteiger partial charge < -0.3 is 24.7 Å². The molecule has 0 saturated heterocycles. The van der Waals surface area contributed by atoms with Crippen molar-refractivity contribution in [1.82, 2.24) is 14.9 Å². The van der Waals surface area contributed by atoms with Crippen LogP contribution in [0.15, 0.2) is 55.1 Å². The summed E-state index contributed by atoms with van der Waals surface area (Å²) in [7, 11) is 3.15. The highest BCUT2D eigenvalue weighted by molar-refractivity contribution is 5.90. The van der Waals surface area contributed by atoms with E-state index in [1.807, 2.05) is 48.0 Å². The normalized spacial score (nSPS) is 10.4. The summed E-state index contributed by atoms with van der Waals surface area (Å²) in [5.41, 5.74) is 3.73. The lowest BCUT2D eigenvalue weighted by Crippen LogP contribution is -2.29. The molecule has 1 aromatic heterocycles. The van der Waals surface area contributed by atoms with Gasteiger partial charge >= 0.3 is 6.03 Å². The SMILES string of the molecule is COc1cc(C)c(NC(=O)NCc2ccccc2Cn2ccnc2)cc1OC. The van der Waals surface area contributed by atoms with Crippen LogP contribution < -0.4 is 20.1 Å². The van der Waals surface area contributed by atoms with Crippen LogP contribution in [0.25, 0.3) is 0 Å². The van der Waals surface area contributed by atoms with E-state index < -0.39 is 0 Å². The Morgan fingerprint density at radius 1 is 1.11 bits per heavy atom. The molecule has 3 aromatic rings. The first kappa shape index (κ1) is 19.3. The zero-order valence-corrected chi connectivity index (χ0v) is 16.2. The van der Waals surface area contributed by atoms with E-state index in [4.69, 9.17) is 9.47 Å². The van der Waals surface area contributed by atoms with Gasteiger partial charge in [0, 0.05) is 37.2 Å². The van der Waals surface area contributed by atoms with Crippen LogP contribution in [-0.2, 0) is 13.1 Å². The number of anilines is 1. The van der Waals surface area contributed by atoms with Crippen molar-refractivity contribution >= 4 is 11.7 Å². The highest BCUT2D eigenvalue weighted by Crippen LogP contribution is 2.32. The summed E-state index contributed by atoms with van der Waals surface area (Å²) in [6.07, 6.45) is 5.44. The zero-order valence-electron chi connectivity index (χ0n) is 16.2. The number of nitrogens with one attached hydrogen (secondary N) is 2. The first-order valence-electron chi connectivity index (χ1n) is 8.90. The van der Waals surface area contributed by atoms with Crippen molar-refractivity contribution in [2.75, 3.05) is 19.5 Å². The van der Waals surface area contributed by atoms with Gasteiger partial charge in [0.2, 0.25) is 0 Å². The van der Waals surface area contributed by atoms with Crippen molar-refractivity contribution in [3.63, 3.8) is 0 Å². The second-order valence-corrected chi connectivity index (χ2v) is 6.33. The molecule has 0 radical (unpaired) electrons. The molecule has 0 fully saturated rings. The van der Waals surface area contributed by atoms with Gasteiger partial charge in [-0.25, -0.2) is 9.78 Å². The molecule has 0 saturated carbocycles. The van der Waals surface area contributed by atoms with Crippen LogP contribution in [0.2, 0.25) is 0 Å². The number of imidazole rings is 1. The molecule has 146 valence electrons. The monoisotopic (exact) mass is 380 g/mol. The Morgan fingerprint density at radius 3 is 2.50 bits per heavy atom. The van der Waals surface area contributed by atoms with Gasteiger partial charge in [-0.3, -0.25) is 0 Å². The summed E-state index contributed by atoms with van der Waals surface area (Å²) in [5.74, 6) is 1.19. The molecule has 0 aliphatic heterocycles. The van der Waals surface area contributed by atoms with Crippen LogP contribution in [0, 0.1) is 6.92 Å². The highest BCUT2D eigenvalue weighted by Gasteiger charge is 2.11. The number of nitrogens with zero attached hydrogens (tertiary/aromatic N) is 2.